The monoisotopic (exact) mass is 454 g/mol. The van der Waals surface area contributed by atoms with E-state index in [2.05, 4.69) is 15.0 Å². The zero-order chi connectivity index (χ0) is 23.3. The number of carbonyl (C=O) groups is 2. The molecule has 2 N–H and O–H groups in total. The predicted molar refractivity (Wildman–Crippen MR) is 120 cm³/mol. The summed E-state index contributed by atoms with van der Waals surface area (Å²) < 4.78 is 32.8. The van der Waals surface area contributed by atoms with Crippen molar-refractivity contribution >= 4 is 33.2 Å². The summed E-state index contributed by atoms with van der Waals surface area (Å²) in [6.45, 7) is 0. The zero-order valence-electron chi connectivity index (χ0n) is 17.7. The van der Waals surface area contributed by atoms with Crippen molar-refractivity contribution in [2.75, 3.05) is 31.2 Å². The van der Waals surface area contributed by atoms with Gasteiger partial charge in [-0.3, -0.25) is 19.3 Å². The predicted octanol–water partition coefficient (Wildman–Crippen LogP) is 2.85. The molecule has 0 unspecified atom stereocenters. The Kier molecular flexibility index (Phi) is 6.74. The smallest absolute Gasteiger partial charge is 0.261 e. The first kappa shape index (κ1) is 22.8. The Morgan fingerprint density at radius 2 is 1.56 bits per heavy atom. The first-order chi connectivity index (χ1) is 15.2. The molecule has 0 aliphatic carbocycles. The number of benzene rings is 2. The number of hydrogen-bond donors (Lipinski definition) is 2. The molecule has 2 aromatic carbocycles. The van der Waals surface area contributed by atoms with Gasteiger partial charge >= 0.3 is 0 Å². The maximum absolute atomic E-state index is 12.7. The topological polar surface area (TPSA) is 118 Å². The average molecular weight is 455 g/mol. The summed E-state index contributed by atoms with van der Waals surface area (Å²) in [5.41, 5.74) is 1.32. The lowest BCUT2D eigenvalue weighted by molar-refractivity contribution is 0.0827. The fourth-order valence-electron chi connectivity index (χ4n) is 2.81. The summed E-state index contributed by atoms with van der Waals surface area (Å²) in [6.07, 6.45) is 2.95. The number of methoxy groups -OCH3 is 1. The second-order valence-corrected chi connectivity index (χ2v) is 8.62. The lowest BCUT2D eigenvalue weighted by atomic mass is 10.1. The van der Waals surface area contributed by atoms with E-state index in [4.69, 9.17) is 4.74 Å². The Bertz CT molecular complexity index is 1230. The van der Waals surface area contributed by atoms with Gasteiger partial charge in [-0.25, -0.2) is 8.42 Å². The Morgan fingerprint density at radius 3 is 2.16 bits per heavy atom. The molecule has 2 amide bonds. The summed E-state index contributed by atoms with van der Waals surface area (Å²) >= 11 is 0. The first-order valence-electron chi connectivity index (χ1n) is 9.45. The standard InChI is InChI=1S/C22H22N4O5S/c1-26(2)22(28)16-6-9-20(31-3)19(14-16)24-21(27)15-4-7-18(8-5-15)32(29,30)25-17-10-12-23-13-11-17/h4-14H,1-3H3,(H,23,25)(H,24,27). The number of carbonyl (C=O) groups excluding carboxylic acids is 2. The highest BCUT2D eigenvalue weighted by molar-refractivity contribution is 7.92. The second kappa shape index (κ2) is 9.48. The normalized spacial score (nSPS) is 10.8. The molecule has 0 saturated heterocycles. The van der Waals surface area contributed by atoms with Crippen molar-refractivity contribution in [2.24, 2.45) is 0 Å². The van der Waals surface area contributed by atoms with Crippen LogP contribution in [-0.4, -0.2) is 51.3 Å². The van der Waals surface area contributed by atoms with Crippen LogP contribution in [0.1, 0.15) is 20.7 Å². The van der Waals surface area contributed by atoms with Gasteiger partial charge in [0.15, 0.2) is 0 Å². The molecule has 0 aliphatic rings. The third kappa shape index (κ3) is 5.22. The molecule has 0 spiro atoms. The molecule has 0 bridgehead atoms. The molecular formula is C22H22N4O5S. The van der Waals surface area contributed by atoms with Crippen LogP contribution in [0.25, 0.3) is 0 Å². The van der Waals surface area contributed by atoms with Crippen LogP contribution in [0.4, 0.5) is 11.4 Å². The highest BCUT2D eigenvalue weighted by Crippen LogP contribution is 2.27. The third-order valence-corrected chi connectivity index (χ3v) is 5.86. The van der Waals surface area contributed by atoms with Crippen molar-refractivity contribution in [1.29, 1.82) is 0 Å². The highest BCUT2D eigenvalue weighted by Gasteiger charge is 2.17. The van der Waals surface area contributed by atoms with Crippen LogP contribution in [-0.2, 0) is 10.0 Å². The van der Waals surface area contributed by atoms with E-state index in [9.17, 15) is 18.0 Å². The minimum absolute atomic E-state index is 0.00187. The lowest BCUT2D eigenvalue weighted by Gasteiger charge is -2.14. The van der Waals surface area contributed by atoms with Crippen molar-refractivity contribution in [1.82, 2.24) is 9.88 Å². The van der Waals surface area contributed by atoms with Gasteiger partial charge in [-0.2, -0.15) is 0 Å². The van der Waals surface area contributed by atoms with E-state index in [0.29, 0.717) is 22.7 Å². The Hall–Kier alpha value is -3.92. The molecule has 1 aromatic heterocycles. The van der Waals surface area contributed by atoms with Crippen LogP contribution in [0.5, 0.6) is 5.75 Å². The van der Waals surface area contributed by atoms with E-state index < -0.39 is 15.9 Å². The number of aromatic nitrogens is 1. The maximum Gasteiger partial charge on any atom is 0.261 e. The van der Waals surface area contributed by atoms with Crippen LogP contribution < -0.4 is 14.8 Å². The van der Waals surface area contributed by atoms with Crippen molar-refractivity contribution in [2.45, 2.75) is 4.90 Å². The van der Waals surface area contributed by atoms with Gasteiger partial charge < -0.3 is 15.0 Å². The van der Waals surface area contributed by atoms with Gasteiger partial charge in [-0.15, -0.1) is 0 Å². The molecule has 0 radical (unpaired) electrons. The van der Waals surface area contributed by atoms with Crippen molar-refractivity contribution in [3.05, 3.63) is 78.1 Å². The number of amides is 2. The second-order valence-electron chi connectivity index (χ2n) is 6.93. The summed E-state index contributed by atoms with van der Waals surface area (Å²) in [5, 5.41) is 2.70. The maximum atomic E-state index is 12.7. The minimum Gasteiger partial charge on any atom is -0.495 e. The van der Waals surface area contributed by atoms with Gasteiger partial charge in [0, 0.05) is 37.6 Å². The van der Waals surface area contributed by atoms with Gasteiger partial charge in [-0.1, -0.05) is 0 Å². The zero-order valence-corrected chi connectivity index (χ0v) is 18.5. The number of pyridine rings is 1. The molecule has 0 aliphatic heterocycles. The summed E-state index contributed by atoms with van der Waals surface area (Å²) in [5.74, 6) is -0.322. The van der Waals surface area contributed by atoms with Crippen LogP contribution >= 0.6 is 0 Å². The Balaban J connectivity index is 1.79. The number of ether oxygens (including phenoxy) is 1. The first-order valence-corrected chi connectivity index (χ1v) is 10.9. The van der Waals surface area contributed by atoms with Crippen molar-refractivity contribution in [3.63, 3.8) is 0 Å². The molecule has 166 valence electrons. The van der Waals surface area contributed by atoms with E-state index >= 15 is 0 Å². The number of sulfonamides is 1. The SMILES string of the molecule is COc1ccc(C(=O)N(C)C)cc1NC(=O)c1ccc(S(=O)(=O)Nc2ccncc2)cc1. The fraction of sp³-hybridized carbons (Fsp3) is 0.136. The number of rotatable bonds is 7. The quantitative estimate of drug-likeness (QED) is 0.567. The molecule has 0 fully saturated rings. The van der Waals surface area contributed by atoms with Crippen LogP contribution in [0.15, 0.2) is 71.9 Å². The average Bonchev–Trinajstić information content (AvgIpc) is 2.79. The van der Waals surface area contributed by atoms with E-state index in [1.54, 1.807) is 26.2 Å². The molecule has 3 rings (SSSR count). The minimum atomic E-state index is -3.82. The van der Waals surface area contributed by atoms with E-state index in [0.717, 1.165) is 0 Å². The summed E-state index contributed by atoms with van der Waals surface area (Å²) in [7, 11) is 0.890. The van der Waals surface area contributed by atoms with E-state index in [1.165, 1.54) is 66.9 Å². The summed E-state index contributed by atoms with van der Waals surface area (Å²) in [6, 6.07) is 13.2. The number of hydrogen-bond acceptors (Lipinski definition) is 6. The highest BCUT2D eigenvalue weighted by atomic mass is 32.2. The van der Waals surface area contributed by atoms with Gasteiger partial charge in [0.1, 0.15) is 5.75 Å². The lowest BCUT2D eigenvalue weighted by Crippen LogP contribution is -2.22. The fourth-order valence-corrected chi connectivity index (χ4v) is 3.87. The van der Waals surface area contributed by atoms with Crippen LogP contribution in [0, 0.1) is 0 Å². The molecule has 10 heteroatoms. The Morgan fingerprint density at radius 1 is 0.938 bits per heavy atom. The van der Waals surface area contributed by atoms with Crippen LogP contribution in [0.3, 0.4) is 0 Å². The van der Waals surface area contributed by atoms with E-state index in [1.807, 2.05) is 0 Å². The van der Waals surface area contributed by atoms with Crippen LogP contribution in [0.2, 0.25) is 0 Å². The number of nitrogens with zero attached hydrogens (tertiary/aromatic N) is 2. The van der Waals surface area contributed by atoms with Crippen molar-refractivity contribution < 1.29 is 22.7 Å². The molecule has 32 heavy (non-hydrogen) atoms. The molecule has 9 nitrogen and oxygen atoms in total. The van der Waals surface area contributed by atoms with Gasteiger partial charge in [0.25, 0.3) is 21.8 Å². The van der Waals surface area contributed by atoms with Gasteiger partial charge in [0.05, 0.1) is 23.4 Å². The van der Waals surface area contributed by atoms with Gasteiger partial charge in [0.2, 0.25) is 0 Å². The van der Waals surface area contributed by atoms with Crippen molar-refractivity contribution in [3.8, 4) is 5.75 Å². The van der Waals surface area contributed by atoms with E-state index in [-0.39, 0.29) is 16.4 Å². The molecule has 1 heterocycles. The molecule has 0 saturated carbocycles. The molecule has 0 atom stereocenters. The molecule has 3 aromatic rings. The summed E-state index contributed by atoms with van der Waals surface area (Å²) in [4.78, 5) is 30.2. The molecular weight excluding hydrogens is 432 g/mol. The van der Waals surface area contributed by atoms with Gasteiger partial charge in [-0.05, 0) is 54.6 Å². The third-order valence-electron chi connectivity index (χ3n) is 4.46. The number of nitrogens with one attached hydrogen (secondary N) is 2. The largest absolute Gasteiger partial charge is 0.495 e. The number of anilines is 2. The Labute approximate surface area is 186 Å².